The van der Waals surface area contributed by atoms with Gasteiger partial charge >= 0.3 is 6.18 Å². The van der Waals surface area contributed by atoms with Gasteiger partial charge in [-0.15, -0.1) is 0 Å². The molecule has 0 amide bonds. The van der Waals surface area contributed by atoms with Crippen molar-refractivity contribution in [2.45, 2.75) is 39.4 Å². The zero-order valence-corrected chi connectivity index (χ0v) is 10.6. The first-order valence-corrected chi connectivity index (χ1v) is 5.83. The van der Waals surface area contributed by atoms with E-state index in [-0.39, 0.29) is 11.7 Å². The van der Waals surface area contributed by atoms with Gasteiger partial charge in [-0.25, -0.2) is 4.39 Å². The molecule has 1 aromatic rings. The third kappa shape index (κ3) is 4.20. The molecule has 1 unspecified atom stereocenters. The lowest BCUT2D eigenvalue weighted by molar-refractivity contribution is -0.139. The first-order chi connectivity index (χ1) is 8.20. The van der Waals surface area contributed by atoms with Crippen molar-refractivity contribution in [3.05, 3.63) is 29.6 Å². The average molecular weight is 263 g/mol. The topological polar surface area (TPSA) is 12.0 Å². The fourth-order valence-electron chi connectivity index (χ4n) is 1.88. The van der Waals surface area contributed by atoms with Crippen LogP contribution in [-0.2, 0) is 6.18 Å². The number of benzene rings is 1. The van der Waals surface area contributed by atoms with E-state index < -0.39 is 17.6 Å². The SMILES string of the molecule is CC(C)CC(C)Nc1ccc(F)c(C(F)(F)F)c1. The molecule has 0 aromatic heterocycles. The zero-order chi connectivity index (χ0) is 13.9. The molecule has 1 rings (SSSR count). The maximum Gasteiger partial charge on any atom is 0.419 e. The fourth-order valence-corrected chi connectivity index (χ4v) is 1.88. The fraction of sp³-hybridized carbons (Fsp3) is 0.538. The molecular formula is C13H17F4N. The molecule has 0 radical (unpaired) electrons. The highest BCUT2D eigenvalue weighted by Crippen LogP contribution is 2.33. The molecule has 0 bridgehead atoms. The molecule has 0 heterocycles. The lowest BCUT2D eigenvalue weighted by Crippen LogP contribution is -2.18. The van der Waals surface area contributed by atoms with Crippen LogP contribution in [0.4, 0.5) is 23.2 Å². The third-order valence-corrected chi connectivity index (χ3v) is 2.51. The second-order valence-electron chi connectivity index (χ2n) is 4.87. The van der Waals surface area contributed by atoms with Crippen LogP contribution in [0.1, 0.15) is 32.8 Å². The second-order valence-corrected chi connectivity index (χ2v) is 4.87. The predicted octanol–water partition coefficient (Wildman–Crippen LogP) is 4.69. The minimum absolute atomic E-state index is 0.0385. The van der Waals surface area contributed by atoms with Crippen molar-refractivity contribution in [1.29, 1.82) is 0 Å². The minimum atomic E-state index is -4.66. The molecule has 0 aliphatic rings. The Hall–Kier alpha value is -1.26. The van der Waals surface area contributed by atoms with Gasteiger partial charge in [-0.3, -0.25) is 0 Å². The Morgan fingerprint density at radius 3 is 2.28 bits per heavy atom. The Bertz CT molecular complexity index is 398. The van der Waals surface area contributed by atoms with Crippen LogP contribution in [0.3, 0.4) is 0 Å². The summed E-state index contributed by atoms with van der Waals surface area (Å²) in [7, 11) is 0. The smallest absolute Gasteiger partial charge is 0.383 e. The molecule has 0 aliphatic carbocycles. The lowest BCUT2D eigenvalue weighted by atomic mass is 10.0. The van der Waals surface area contributed by atoms with Crippen LogP contribution >= 0.6 is 0 Å². The van der Waals surface area contributed by atoms with Gasteiger partial charge in [0.15, 0.2) is 0 Å². The van der Waals surface area contributed by atoms with Gasteiger partial charge in [0.1, 0.15) is 5.82 Å². The summed E-state index contributed by atoms with van der Waals surface area (Å²) >= 11 is 0. The van der Waals surface area contributed by atoms with E-state index in [1.165, 1.54) is 6.07 Å². The van der Waals surface area contributed by atoms with Crippen LogP contribution in [-0.4, -0.2) is 6.04 Å². The summed E-state index contributed by atoms with van der Waals surface area (Å²) in [6.07, 6.45) is -3.83. The van der Waals surface area contributed by atoms with E-state index >= 15 is 0 Å². The summed E-state index contributed by atoms with van der Waals surface area (Å²) in [5, 5.41) is 2.95. The predicted molar refractivity (Wildman–Crippen MR) is 63.9 cm³/mol. The van der Waals surface area contributed by atoms with Crippen molar-refractivity contribution >= 4 is 5.69 Å². The first-order valence-electron chi connectivity index (χ1n) is 5.83. The highest BCUT2D eigenvalue weighted by molar-refractivity contribution is 5.47. The van der Waals surface area contributed by atoms with Crippen LogP contribution in [0.5, 0.6) is 0 Å². The lowest BCUT2D eigenvalue weighted by Gasteiger charge is -2.18. The number of hydrogen-bond donors (Lipinski definition) is 1. The van der Waals surface area contributed by atoms with E-state index in [0.717, 1.165) is 18.6 Å². The molecule has 0 aliphatic heterocycles. The van der Waals surface area contributed by atoms with Gasteiger partial charge in [0, 0.05) is 11.7 Å². The Labute approximate surface area is 104 Å². The average Bonchev–Trinajstić information content (AvgIpc) is 2.17. The Morgan fingerprint density at radius 1 is 1.17 bits per heavy atom. The Kier molecular flexibility index (Phi) is 4.59. The summed E-state index contributed by atoms with van der Waals surface area (Å²) < 4.78 is 50.6. The summed E-state index contributed by atoms with van der Waals surface area (Å²) in [6.45, 7) is 5.95. The van der Waals surface area contributed by atoms with Crippen molar-refractivity contribution in [1.82, 2.24) is 0 Å². The van der Waals surface area contributed by atoms with Gasteiger partial charge in [-0.2, -0.15) is 13.2 Å². The monoisotopic (exact) mass is 263 g/mol. The zero-order valence-electron chi connectivity index (χ0n) is 10.6. The largest absolute Gasteiger partial charge is 0.419 e. The van der Waals surface area contributed by atoms with Crippen LogP contribution in [0.25, 0.3) is 0 Å². The molecule has 0 saturated heterocycles. The van der Waals surface area contributed by atoms with E-state index in [1.807, 2.05) is 20.8 Å². The van der Waals surface area contributed by atoms with Gasteiger partial charge < -0.3 is 5.32 Å². The summed E-state index contributed by atoms with van der Waals surface area (Å²) in [6, 6.07) is 3.01. The molecule has 1 atom stereocenters. The van der Waals surface area contributed by atoms with E-state index in [9.17, 15) is 17.6 Å². The number of alkyl halides is 3. The maximum absolute atomic E-state index is 13.1. The van der Waals surface area contributed by atoms with E-state index in [0.29, 0.717) is 5.92 Å². The molecule has 0 spiro atoms. The van der Waals surface area contributed by atoms with E-state index in [1.54, 1.807) is 0 Å². The molecular weight excluding hydrogens is 246 g/mol. The number of anilines is 1. The third-order valence-electron chi connectivity index (χ3n) is 2.51. The summed E-state index contributed by atoms with van der Waals surface area (Å²) in [5.74, 6) is -0.806. The second kappa shape index (κ2) is 5.59. The normalized spacial score (nSPS) is 13.8. The van der Waals surface area contributed by atoms with Crippen LogP contribution in [0.15, 0.2) is 18.2 Å². The molecule has 102 valence electrons. The summed E-state index contributed by atoms with van der Waals surface area (Å²) in [4.78, 5) is 0. The van der Waals surface area contributed by atoms with Gasteiger partial charge in [0.2, 0.25) is 0 Å². The highest BCUT2D eigenvalue weighted by Gasteiger charge is 2.34. The number of nitrogens with one attached hydrogen (secondary N) is 1. The van der Waals surface area contributed by atoms with Crippen LogP contribution < -0.4 is 5.32 Å². The van der Waals surface area contributed by atoms with Crippen molar-refractivity contribution in [3.63, 3.8) is 0 Å². The van der Waals surface area contributed by atoms with Gasteiger partial charge in [-0.1, -0.05) is 13.8 Å². The Morgan fingerprint density at radius 2 is 1.78 bits per heavy atom. The van der Waals surface area contributed by atoms with E-state index in [4.69, 9.17) is 0 Å². The summed E-state index contributed by atoms with van der Waals surface area (Å²) in [5.41, 5.74) is -0.943. The number of rotatable bonds is 4. The maximum atomic E-state index is 13.1. The van der Waals surface area contributed by atoms with Crippen LogP contribution in [0, 0.1) is 11.7 Å². The van der Waals surface area contributed by atoms with Crippen molar-refractivity contribution in [2.24, 2.45) is 5.92 Å². The molecule has 5 heteroatoms. The molecule has 1 N–H and O–H groups in total. The quantitative estimate of drug-likeness (QED) is 0.777. The first kappa shape index (κ1) is 14.8. The molecule has 1 aromatic carbocycles. The number of halogens is 4. The van der Waals surface area contributed by atoms with Crippen LogP contribution in [0.2, 0.25) is 0 Å². The van der Waals surface area contributed by atoms with Crippen molar-refractivity contribution in [2.75, 3.05) is 5.32 Å². The minimum Gasteiger partial charge on any atom is -0.383 e. The van der Waals surface area contributed by atoms with Gasteiger partial charge in [0.25, 0.3) is 0 Å². The van der Waals surface area contributed by atoms with Gasteiger partial charge in [-0.05, 0) is 37.5 Å². The number of hydrogen-bond acceptors (Lipinski definition) is 1. The van der Waals surface area contributed by atoms with Gasteiger partial charge in [0.05, 0.1) is 5.56 Å². The highest BCUT2D eigenvalue weighted by atomic mass is 19.4. The molecule has 0 saturated carbocycles. The standard InChI is InChI=1S/C13H17F4N/c1-8(2)6-9(3)18-10-4-5-12(14)11(7-10)13(15,16)17/h4-5,7-9,18H,6H2,1-3H3. The van der Waals surface area contributed by atoms with E-state index in [2.05, 4.69) is 5.32 Å². The Balaban J connectivity index is 2.86. The van der Waals surface area contributed by atoms with Crippen molar-refractivity contribution < 1.29 is 17.6 Å². The van der Waals surface area contributed by atoms with Crippen molar-refractivity contribution in [3.8, 4) is 0 Å². The molecule has 0 fully saturated rings. The molecule has 1 nitrogen and oxygen atoms in total. The molecule has 18 heavy (non-hydrogen) atoms.